The van der Waals surface area contributed by atoms with Gasteiger partial charge in [-0.1, -0.05) is 6.92 Å². The van der Waals surface area contributed by atoms with E-state index in [0.29, 0.717) is 0 Å². The van der Waals surface area contributed by atoms with Crippen LogP contribution >= 0.6 is 0 Å². The zero-order valence-electron chi connectivity index (χ0n) is 12.6. The SMILES string of the molecule is CCNC(CCN(C)CCC(C)O)c1ccc(F)cn1. The highest BCUT2D eigenvalue weighted by Crippen LogP contribution is 2.15. The number of hydrogen-bond donors (Lipinski definition) is 2. The lowest BCUT2D eigenvalue weighted by molar-refractivity contribution is 0.163. The van der Waals surface area contributed by atoms with Gasteiger partial charge in [0.25, 0.3) is 0 Å². The zero-order chi connectivity index (χ0) is 15.0. The first-order valence-corrected chi connectivity index (χ1v) is 7.24. The number of rotatable bonds is 9. The van der Waals surface area contributed by atoms with Crippen molar-refractivity contribution in [3.8, 4) is 0 Å². The maximum absolute atomic E-state index is 12.9. The Hall–Kier alpha value is -1.04. The summed E-state index contributed by atoms with van der Waals surface area (Å²) in [6, 6.07) is 3.32. The number of aliphatic hydroxyl groups is 1. The van der Waals surface area contributed by atoms with E-state index in [1.54, 1.807) is 13.0 Å². The molecule has 20 heavy (non-hydrogen) atoms. The van der Waals surface area contributed by atoms with Gasteiger partial charge in [0.15, 0.2) is 0 Å². The minimum atomic E-state index is -0.307. The van der Waals surface area contributed by atoms with Crippen LogP contribution in [-0.2, 0) is 0 Å². The fourth-order valence-electron chi connectivity index (χ4n) is 2.06. The predicted octanol–water partition coefficient (Wildman–Crippen LogP) is 1.96. The summed E-state index contributed by atoms with van der Waals surface area (Å²) in [5.41, 5.74) is 0.872. The number of nitrogens with one attached hydrogen (secondary N) is 1. The van der Waals surface area contributed by atoms with Gasteiger partial charge in [-0.25, -0.2) is 4.39 Å². The van der Waals surface area contributed by atoms with Crippen LogP contribution in [0.4, 0.5) is 4.39 Å². The molecule has 0 fully saturated rings. The molecular formula is C15H26FN3O. The first kappa shape index (κ1) is 17.0. The Morgan fingerprint density at radius 2 is 2.05 bits per heavy atom. The van der Waals surface area contributed by atoms with Crippen molar-refractivity contribution in [2.45, 2.75) is 38.8 Å². The molecule has 2 N–H and O–H groups in total. The summed E-state index contributed by atoms with van der Waals surface area (Å²) < 4.78 is 12.9. The molecule has 2 atom stereocenters. The first-order chi connectivity index (χ1) is 9.52. The minimum Gasteiger partial charge on any atom is -0.393 e. The van der Waals surface area contributed by atoms with E-state index in [1.807, 2.05) is 14.0 Å². The van der Waals surface area contributed by atoms with Gasteiger partial charge < -0.3 is 15.3 Å². The van der Waals surface area contributed by atoms with Crippen LogP contribution in [-0.4, -0.2) is 47.8 Å². The second kappa shape index (κ2) is 9.00. The molecule has 0 aliphatic heterocycles. The molecule has 1 aromatic heterocycles. The number of pyridine rings is 1. The van der Waals surface area contributed by atoms with Crippen LogP contribution in [0.2, 0.25) is 0 Å². The van der Waals surface area contributed by atoms with Gasteiger partial charge >= 0.3 is 0 Å². The van der Waals surface area contributed by atoms with Crippen LogP contribution in [0.15, 0.2) is 18.3 Å². The van der Waals surface area contributed by atoms with E-state index < -0.39 is 0 Å². The van der Waals surface area contributed by atoms with E-state index >= 15 is 0 Å². The van der Waals surface area contributed by atoms with Crippen LogP contribution < -0.4 is 5.32 Å². The Kier molecular flexibility index (Phi) is 7.65. The Morgan fingerprint density at radius 1 is 1.35 bits per heavy atom. The normalized spacial score (nSPS) is 14.5. The van der Waals surface area contributed by atoms with Crippen molar-refractivity contribution < 1.29 is 9.50 Å². The molecule has 2 unspecified atom stereocenters. The van der Waals surface area contributed by atoms with Crippen molar-refractivity contribution >= 4 is 0 Å². The van der Waals surface area contributed by atoms with Gasteiger partial charge in [-0.15, -0.1) is 0 Å². The highest BCUT2D eigenvalue weighted by Gasteiger charge is 2.13. The largest absolute Gasteiger partial charge is 0.393 e. The summed E-state index contributed by atoms with van der Waals surface area (Å²) in [7, 11) is 2.05. The molecule has 1 aromatic rings. The standard InChI is InChI=1S/C15H26FN3O/c1-4-17-15(14-6-5-13(16)11-18-14)8-10-19(3)9-7-12(2)20/h5-6,11-12,15,17,20H,4,7-10H2,1-3H3. The maximum Gasteiger partial charge on any atom is 0.141 e. The fourth-order valence-corrected chi connectivity index (χ4v) is 2.06. The van der Waals surface area contributed by atoms with Gasteiger partial charge in [-0.2, -0.15) is 0 Å². The highest BCUT2D eigenvalue weighted by atomic mass is 19.1. The quantitative estimate of drug-likeness (QED) is 0.727. The molecule has 0 bridgehead atoms. The molecule has 4 nitrogen and oxygen atoms in total. The lowest BCUT2D eigenvalue weighted by Crippen LogP contribution is -2.29. The van der Waals surface area contributed by atoms with Gasteiger partial charge in [0, 0.05) is 6.54 Å². The van der Waals surface area contributed by atoms with Crippen LogP contribution in [0.3, 0.4) is 0 Å². The van der Waals surface area contributed by atoms with E-state index in [9.17, 15) is 9.50 Å². The van der Waals surface area contributed by atoms with Crippen LogP contribution in [0.25, 0.3) is 0 Å². The topological polar surface area (TPSA) is 48.4 Å². The average Bonchev–Trinajstić information content (AvgIpc) is 2.42. The third kappa shape index (κ3) is 6.41. The van der Waals surface area contributed by atoms with E-state index in [2.05, 4.69) is 15.2 Å². The molecule has 114 valence electrons. The van der Waals surface area contributed by atoms with Crippen molar-refractivity contribution in [3.05, 3.63) is 29.8 Å². The second-order valence-corrected chi connectivity index (χ2v) is 5.24. The number of halogens is 1. The predicted molar refractivity (Wildman–Crippen MR) is 79.0 cm³/mol. The van der Waals surface area contributed by atoms with Crippen molar-refractivity contribution in [3.63, 3.8) is 0 Å². The van der Waals surface area contributed by atoms with Crippen LogP contribution in [0.5, 0.6) is 0 Å². The Balaban J connectivity index is 2.48. The zero-order valence-corrected chi connectivity index (χ0v) is 12.6. The number of nitrogens with zero attached hydrogens (tertiary/aromatic N) is 2. The van der Waals surface area contributed by atoms with Gasteiger partial charge in [0.1, 0.15) is 5.82 Å². The summed E-state index contributed by atoms with van der Waals surface area (Å²) in [6.07, 6.45) is 2.68. The second-order valence-electron chi connectivity index (χ2n) is 5.24. The maximum atomic E-state index is 12.9. The van der Waals surface area contributed by atoms with E-state index in [4.69, 9.17) is 0 Å². The molecule has 5 heteroatoms. The van der Waals surface area contributed by atoms with Gasteiger partial charge in [-0.05, 0) is 52.0 Å². The summed E-state index contributed by atoms with van der Waals surface area (Å²) in [5.74, 6) is -0.307. The Bertz CT molecular complexity index is 370. The molecular weight excluding hydrogens is 257 g/mol. The molecule has 0 aliphatic carbocycles. The van der Waals surface area contributed by atoms with Crippen molar-refractivity contribution in [2.24, 2.45) is 0 Å². The van der Waals surface area contributed by atoms with Gasteiger partial charge in [-0.3, -0.25) is 4.98 Å². The molecule has 0 radical (unpaired) electrons. The van der Waals surface area contributed by atoms with Crippen molar-refractivity contribution in [1.82, 2.24) is 15.2 Å². The summed E-state index contributed by atoms with van der Waals surface area (Å²) in [5, 5.41) is 12.7. The van der Waals surface area contributed by atoms with E-state index in [1.165, 1.54) is 12.3 Å². The summed E-state index contributed by atoms with van der Waals surface area (Å²) in [6.45, 7) is 6.48. The first-order valence-electron chi connectivity index (χ1n) is 7.24. The number of aromatic nitrogens is 1. The fraction of sp³-hybridized carbons (Fsp3) is 0.667. The molecule has 1 heterocycles. The molecule has 0 aromatic carbocycles. The lowest BCUT2D eigenvalue weighted by atomic mass is 10.1. The third-order valence-corrected chi connectivity index (χ3v) is 3.29. The Labute approximate surface area is 121 Å². The molecule has 0 saturated heterocycles. The molecule has 0 saturated carbocycles. The molecule has 1 rings (SSSR count). The van der Waals surface area contributed by atoms with E-state index in [0.717, 1.165) is 38.2 Å². The number of aliphatic hydroxyl groups excluding tert-OH is 1. The number of hydrogen-bond acceptors (Lipinski definition) is 4. The summed E-state index contributed by atoms with van der Waals surface area (Å²) >= 11 is 0. The molecule has 0 spiro atoms. The van der Waals surface area contributed by atoms with E-state index in [-0.39, 0.29) is 18.0 Å². The highest BCUT2D eigenvalue weighted by molar-refractivity contribution is 5.09. The van der Waals surface area contributed by atoms with Gasteiger partial charge in [0.05, 0.1) is 24.0 Å². The van der Waals surface area contributed by atoms with Crippen molar-refractivity contribution in [2.75, 3.05) is 26.7 Å². The average molecular weight is 283 g/mol. The van der Waals surface area contributed by atoms with Crippen LogP contribution in [0, 0.1) is 5.82 Å². The minimum absolute atomic E-state index is 0.134. The lowest BCUT2D eigenvalue weighted by Gasteiger charge is -2.22. The van der Waals surface area contributed by atoms with Gasteiger partial charge in [0.2, 0.25) is 0 Å². The van der Waals surface area contributed by atoms with Crippen LogP contribution in [0.1, 0.15) is 38.4 Å². The molecule has 0 amide bonds. The summed E-state index contributed by atoms with van der Waals surface area (Å²) in [4.78, 5) is 6.35. The monoisotopic (exact) mass is 283 g/mol. The Morgan fingerprint density at radius 3 is 2.60 bits per heavy atom. The van der Waals surface area contributed by atoms with Crippen molar-refractivity contribution in [1.29, 1.82) is 0 Å². The molecule has 0 aliphatic rings. The smallest absolute Gasteiger partial charge is 0.141 e. The third-order valence-electron chi connectivity index (χ3n) is 3.29.